The highest BCUT2D eigenvalue weighted by atomic mass is 19.4. The summed E-state index contributed by atoms with van der Waals surface area (Å²) >= 11 is 0. The van der Waals surface area contributed by atoms with Crippen molar-refractivity contribution >= 4 is 11.2 Å². The van der Waals surface area contributed by atoms with Crippen LogP contribution >= 0.6 is 0 Å². The Morgan fingerprint density at radius 3 is 2.53 bits per heavy atom. The van der Waals surface area contributed by atoms with E-state index < -0.39 is 11.6 Å². The van der Waals surface area contributed by atoms with E-state index >= 15 is 0 Å². The maximum atomic E-state index is 13.6. The molecule has 3 heterocycles. The predicted molar refractivity (Wildman–Crippen MR) is 107 cm³/mol. The normalized spacial score (nSPS) is 29.6. The minimum absolute atomic E-state index is 0.0317. The Bertz CT molecular complexity index is 932. The van der Waals surface area contributed by atoms with Crippen LogP contribution in [0.1, 0.15) is 68.8 Å². The van der Waals surface area contributed by atoms with Crippen molar-refractivity contribution in [3.05, 3.63) is 23.7 Å². The van der Waals surface area contributed by atoms with Gasteiger partial charge in [0.2, 0.25) is 0 Å². The largest absolute Gasteiger partial charge is 0.399 e. The zero-order valence-electron chi connectivity index (χ0n) is 17.3. The molecule has 164 valence electrons. The van der Waals surface area contributed by atoms with Crippen molar-refractivity contribution in [2.24, 2.45) is 18.9 Å². The van der Waals surface area contributed by atoms with Gasteiger partial charge in [-0.2, -0.15) is 13.2 Å². The van der Waals surface area contributed by atoms with E-state index in [1.54, 1.807) is 23.9 Å². The van der Waals surface area contributed by atoms with Crippen molar-refractivity contribution in [1.82, 2.24) is 19.9 Å². The van der Waals surface area contributed by atoms with E-state index in [2.05, 4.69) is 10.3 Å². The van der Waals surface area contributed by atoms with Gasteiger partial charge in [-0.1, -0.05) is 25.7 Å². The van der Waals surface area contributed by atoms with Crippen LogP contribution in [-0.4, -0.2) is 38.5 Å². The summed E-state index contributed by atoms with van der Waals surface area (Å²) in [5, 5.41) is 13.6. The lowest BCUT2D eigenvalue weighted by Crippen LogP contribution is -2.44. The van der Waals surface area contributed by atoms with Gasteiger partial charge in [0.25, 0.3) is 0 Å². The third-order valence-electron chi connectivity index (χ3n) is 7.81. The van der Waals surface area contributed by atoms with Crippen LogP contribution in [0.3, 0.4) is 0 Å². The number of hydrogen-bond donors (Lipinski definition) is 2. The second kappa shape index (κ2) is 7.19. The van der Waals surface area contributed by atoms with Gasteiger partial charge in [0.05, 0.1) is 24.5 Å². The maximum Gasteiger partial charge on any atom is 0.399 e. The molecule has 3 fully saturated rings. The van der Waals surface area contributed by atoms with Crippen LogP contribution in [0.5, 0.6) is 0 Å². The van der Waals surface area contributed by atoms with Crippen LogP contribution in [0.2, 0.25) is 0 Å². The summed E-state index contributed by atoms with van der Waals surface area (Å²) in [6.45, 7) is 0.0930. The van der Waals surface area contributed by atoms with E-state index in [0.29, 0.717) is 23.0 Å². The topological polar surface area (TPSA) is 63.0 Å². The van der Waals surface area contributed by atoms with E-state index in [9.17, 15) is 18.3 Å². The van der Waals surface area contributed by atoms with Crippen molar-refractivity contribution in [2.45, 2.75) is 75.0 Å². The smallest absolute Gasteiger partial charge is 0.395 e. The van der Waals surface area contributed by atoms with Gasteiger partial charge in [0.1, 0.15) is 10.9 Å². The number of aliphatic hydroxyl groups is 1. The molecule has 3 atom stereocenters. The minimum atomic E-state index is -4.26. The number of nitrogens with one attached hydrogen (secondary N) is 1. The first kappa shape index (κ1) is 20.2. The number of aliphatic hydroxyl groups excluding tert-OH is 1. The lowest BCUT2D eigenvalue weighted by atomic mass is 9.71. The third kappa shape index (κ3) is 3.14. The van der Waals surface area contributed by atoms with Gasteiger partial charge in [0.15, 0.2) is 5.65 Å². The molecular formula is C22H29F3N4O. The zero-order chi connectivity index (χ0) is 21.1. The molecule has 0 radical (unpaired) electrons. The summed E-state index contributed by atoms with van der Waals surface area (Å²) in [5.74, 6) is 1.17. The molecule has 0 aromatic carbocycles. The monoisotopic (exact) mass is 422 g/mol. The molecule has 8 heteroatoms. The summed E-state index contributed by atoms with van der Waals surface area (Å²) < 4.78 is 42.5. The molecule has 5 nitrogen and oxygen atoms in total. The molecule has 0 unspecified atom stereocenters. The van der Waals surface area contributed by atoms with Gasteiger partial charge in [0, 0.05) is 18.8 Å². The van der Waals surface area contributed by atoms with Gasteiger partial charge in [-0.05, 0) is 43.6 Å². The predicted octanol–water partition coefficient (Wildman–Crippen LogP) is 4.15. The van der Waals surface area contributed by atoms with Crippen molar-refractivity contribution in [3.8, 4) is 0 Å². The highest BCUT2D eigenvalue weighted by Crippen LogP contribution is 2.59. The molecule has 3 aliphatic rings. The number of halogens is 3. The quantitative estimate of drug-likeness (QED) is 0.777. The van der Waals surface area contributed by atoms with Crippen LogP contribution in [0.25, 0.3) is 11.2 Å². The first-order valence-corrected chi connectivity index (χ1v) is 11.1. The van der Waals surface area contributed by atoms with Crippen molar-refractivity contribution < 1.29 is 18.3 Å². The first-order chi connectivity index (χ1) is 14.3. The van der Waals surface area contributed by atoms with E-state index in [4.69, 9.17) is 4.98 Å². The molecule has 0 bridgehead atoms. The van der Waals surface area contributed by atoms with Crippen LogP contribution in [-0.2, 0) is 12.5 Å². The van der Waals surface area contributed by atoms with E-state index in [-0.39, 0.29) is 37.2 Å². The molecule has 0 spiro atoms. The summed E-state index contributed by atoms with van der Waals surface area (Å²) in [6, 6.07) is 1.54. The molecule has 2 saturated carbocycles. The Balaban J connectivity index is 1.44. The van der Waals surface area contributed by atoms with Crippen molar-refractivity contribution in [3.63, 3.8) is 0 Å². The summed E-state index contributed by atoms with van der Waals surface area (Å²) in [7, 11) is 1.66. The van der Waals surface area contributed by atoms with Gasteiger partial charge in [-0.15, -0.1) is 0 Å². The van der Waals surface area contributed by atoms with Gasteiger partial charge in [-0.3, -0.25) is 4.98 Å². The molecule has 2 aromatic rings. The number of nitrogens with zero attached hydrogens (tertiary/aromatic N) is 3. The second-order valence-electron chi connectivity index (χ2n) is 9.47. The Kier molecular flexibility index (Phi) is 4.85. The van der Waals surface area contributed by atoms with Gasteiger partial charge < -0.3 is 15.0 Å². The number of aryl methyl sites for hydroxylation is 1. The van der Waals surface area contributed by atoms with Crippen LogP contribution < -0.4 is 5.32 Å². The van der Waals surface area contributed by atoms with Gasteiger partial charge >= 0.3 is 6.18 Å². The Morgan fingerprint density at radius 1 is 1.20 bits per heavy atom. The number of fused-ring (bicyclic) bond motifs is 1. The van der Waals surface area contributed by atoms with Crippen LogP contribution in [0, 0.1) is 11.8 Å². The number of rotatable bonds is 4. The van der Waals surface area contributed by atoms with E-state index in [0.717, 1.165) is 25.0 Å². The van der Waals surface area contributed by atoms with Crippen molar-refractivity contribution in [2.75, 3.05) is 6.61 Å². The lowest BCUT2D eigenvalue weighted by Gasteiger charge is -2.38. The number of aromatic nitrogens is 3. The fraction of sp³-hybridized carbons (Fsp3) is 0.727. The fourth-order valence-corrected chi connectivity index (χ4v) is 5.61. The molecule has 5 rings (SSSR count). The number of alkyl halides is 3. The standard InChI is InChI=1S/C22H29F3N4O/c1-29-19(21(8-9-21)22(23,24)25)10-16-20(29)28-17(11-26-16)15-7-3-6-14(13-4-2-5-13)18(12-30)27-15/h10-11,13-15,18,27,30H,2-9,12H2,1H3/t14-,15-,18-/m1/s1. The Morgan fingerprint density at radius 2 is 1.93 bits per heavy atom. The summed E-state index contributed by atoms with van der Waals surface area (Å²) in [4.78, 5) is 9.22. The number of hydrogen-bond acceptors (Lipinski definition) is 4. The first-order valence-electron chi connectivity index (χ1n) is 11.1. The average Bonchev–Trinajstić information content (AvgIpc) is 3.44. The highest BCUT2D eigenvalue weighted by Gasteiger charge is 2.65. The molecule has 2 N–H and O–H groups in total. The Hall–Kier alpha value is -1.67. The van der Waals surface area contributed by atoms with E-state index in [1.165, 1.54) is 19.3 Å². The summed E-state index contributed by atoms with van der Waals surface area (Å²) in [5.41, 5.74) is 0.267. The third-order valence-corrected chi connectivity index (χ3v) is 7.81. The second-order valence-corrected chi connectivity index (χ2v) is 9.47. The molecule has 2 aromatic heterocycles. The lowest BCUT2D eigenvalue weighted by molar-refractivity contribution is -0.162. The zero-order valence-corrected chi connectivity index (χ0v) is 17.3. The fourth-order valence-electron chi connectivity index (χ4n) is 5.61. The highest BCUT2D eigenvalue weighted by molar-refractivity contribution is 5.74. The molecule has 1 saturated heterocycles. The molecule has 2 aliphatic carbocycles. The maximum absolute atomic E-state index is 13.6. The SMILES string of the molecule is Cn1c(C2(C(F)(F)F)CC2)cc2ncc([C@H]3CCC[C@H](C4CCC4)[C@@H](CO)N3)nc21. The molecule has 0 amide bonds. The van der Waals surface area contributed by atoms with Crippen molar-refractivity contribution in [1.29, 1.82) is 0 Å². The average molecular weight is 422 g/mol. The minimum Gasteiger partial charge on any atom is -0.395 e. The summed E-state index contributed by atoms with van der Waals surface area (Å²) in [6.07, 6.45) is 4.47. The van der Waals surface area contributed by atoms with E-state index in [1.807, 2.05) is 0 Å². The van der Waals surface area contributed by atoms with Gasteiger partial charge in [-0.25, -0.2) is 4.98 Å². The van der Waals surface area contributed by atoms with Crippen LogP contribution in [0.15, 0.2) is 12.3 Å². The Labute approximate surface area is 174 Å². The molecular weight excluding hydrogens is 393 g/mol. The molecule has 1 aliphatic heterocycles. The molecule has 30 heavy (non-hydrogen) atoms. The van der Waals surface area contributed by atoms with Crippen LogP contribution in [0.4, 0.5) is 13.2 Å².